The fraction of sp³-hybridized carbons (Fsp3) is 0.294. The van der Waals surface area contributed by atoms with E-state index in [0.29, 0.717) is 19.4 Å². The number of hydrogen-bond donors (Lipinski definition) is 3. The average molecular weight is 301 g/mol. The number of likely N-dealkylation sites (N-methyl/N-ethyl adjacent to an activating group) is 1. The fourth-order valence-electron chi connectivity index (χ4n) is 3.11. The van der Waals surface area contributed by atoms with Gasteiger partial charge in [-0.2, -0.15) is 0 Å². The lowest BCUT2D eigenvalue weighted by molar-refractivity contribution is -0.894. The third-order valence-electron chi connectivity index (χ3n) is 4.45. The number of hydrogen-bond acceptors (Lipinski definition) is 4. The van der Waals surface area contributed by atoms with Crippen LogP contribution in [0, 0.1) is 5.21 Å². The van der Waals surface area contributed by atoms with Crippen molar-refractivity contribution in [2.24, 2.45) is 0 Å². The first-order chi connectivity index (χ1) is 10.4. The molecule has 5 nitrogen and oxygen atoms in total. The van der Waals surface area contributed by atoms with E-state index < -0.39 is 4.65 Å². The number of quaternary nitrogens is 1. The molecule has 0 saturated heterocycles. The summed E-state index contributed by atoms with van der Waals surface area (Å²) in [5.74, 6) is -0.157. The quantitative estimate of drug-likeness (QED) is 0.452. The molecule has 0 aliphatic carbocycles. The summed E-state index contributed by atoms with van der Waals surface area (Å²) in [6.45, 7) is 0.431. The van der Waals surface area contributed by atoms with Crippen LogP contribution in [0.2, 0.25) is 0 Å². The van der Waals surface area contributed by atoms with Crippen molar-refractivity contribution >= 4 is 0 Å². The summed E-state index contributed by atoms with van der Waals surface area (Å²) < 4.78 is -0.419. The Labute approximate surface area is 128 Å². The summed E-state index contributed by atoms with van der Waals surface area (Å²) >= 11 is 0. The molecule has 3 N–H and O–H groups in total. The van der Waals surface area contributed by atoms with Crippen molar-refractivity contribution in [3.05, 3.63) is 58.3 Å². The van der Waals surface area contributed by atoms with E-state index in [2.05, 4.69) is 0 Å². The molecule has 0 radical (unpaired) electrons. The lowest BCUT2D eigenvalue weighted by Crippen LogP contribution is -2.47. The fourth-order valence-corrected chi connectivity index (χ4v) is 3.11. The summed E-state index contributed by atoms with van der Waals surface area (Å²) in [4.78, 5) is 0. The number of hydroxylamine groups is 3. The highest BCUT2D eigenvalue weighted by atomic mass is 16.5. The molecule has 2 aromatic rings. The molecule has 2 aromatic carbocycles. The van der Waals surface area contributed by atoms with Crippen molar-refractivity contribution < 1.29 is 20.0 Å². The molecule has 2 atom stereocenters. The van der Waals surface area contributed by atoms with Gasteiger partial charge in [0.15, 0.2) is 11.5 Å². The summed E-state index contributed by atoms with van der Waals surface area (Å²) in [6.07, 6.45) is 1.09. The van der Waals surface area contributed by atoms with Crippen LogP contribution in [0.4, 0.5) is 0 Å². The largest absolute Gasteiger partial charge is 0.633 e. The van der Waals surface area contributed by atoms with Crippen LogP contribution < -0.4 is 0 Å². The minimum atomic E-state index is -0.419. The summed E-state index contributed by atoms with van der Waals surface area (Å²) in [7, 11) is 1.64. The number of nitrogens with zero attached hydrogens (tertiary/aromatic N) is 1. The van der Waals surface area contributed by atoms with Crippen molar-refractivity contribution in [1.82, 2.24) is 0 Å². The van der Waals surface area contributed by atoms with E-state index in [0.717, 1.165) is 16.7 Å². The van der Waals surface area contributed by atoms with E-state index in [1.165, 1.54) is 6.07 Å². The molecule has 1 aliphatic rings. The SMILES string of the molecule is C[N+]1([O-])CCc2cc(O)c(O)cc2C1Cc1ccc(O)cc1. The molecule has 0 fully saturated rings. The molecule has 3 rings (SSSR count). The van der Waals surface area contributed by atoms with Crippen LogP contribution in [0.25, 0.3) is 0 Å². The number of phenols is 3. The first kappa shape index (κ1) is 14.7. The molecule has 116 valence electrons. The Morgan fingerprint density at radius 1 is 1.09 bits per heavy atom. The lowest BCUT2D eigenvalue weighted by Gasteiger charge is -2.49. The Morgan fingerprint density at radius 3 is 2.41 bits per heavy atom. The van der Waals surface area contributed by atoms with E-state index in [4.69, 9.17) is 0 Å². The Balaban J connectivity index is 2.01. The molecular formula is C17H19NO4. The van der Waals surface area contributed by atoms with Crippen LogP contribution >= 0.6 is 0 Å². The van der Waals surface area contributed by atoms with Gasteiger partial charge in [-0.1, -0.05) is 12.1 Å². The maximum Gasteiger partial charge on any atom is 0.157 e. The van der Waals surface area contributed by atoms with Crippen LogP contribution in [-0.4, -0.2) is 33.6 Å². The van der Waals surface area contributed by atoms with Crippen LogP contribution in [0.3, 0.4) is 0 Å². The van der Waals surface area contributed by atoms with Crippen molar-refractivity contribution in [2.75, 3.05) is 13.6 Å². The molecule has 1 heterocycles. The number of aromatic hydroxyl groups is 3. The summed E-state index contributed by atoms with van der Waals surface area (Å²) in [5.41, 5.74) is 2.64. The van der Waals surface area contributed by atoms with Gasteiger partial charge in [0.1, 0.15) is 11.8 Å². The minimum absolute atomic E-state index is 0.149. The number of phenolic OH excluding ortho intramolecular Hbond substituents is 3. The van der Waals surface area contributed by atoms with Gasteiger partial charge in [-0.25, -0.2) is 0 Å². The van der Waals surface area contributed by atoms with Crippen LogP contribution in [0.1, 0.15) is 22.7 Å². The lowest BCUT2D eigenvalue weighted by atomic mass is 9.88. The van der Waals surface area contributed by atoms with Gasteiger partial charge in [0.25, 0.3) is 0 Å². The Hall–Kier alpha value is -2.24. The monoisotopic (exact) mass is 301 g/mol. The summed E-state index contributed by atoms with van der Waals surface area (Å²) in [6, 6.07) is 9.50. The predicted octanol–water partition coefficient (Wildman–Crippen LogP) is 2.59. The van der Waals surface area contributed by atoms with Crippen LogP contribution in [-0.2, 0) is 12.8 Å². The predicted molar refractivity (Wildman–Crippen MR) is 82.4 cm³/mol. The topological polar surface area (TPSA) is 83.8 Å². The smallest absolute Gasteiger partial charge is 0.157 e. The molecular weight excluding hydrogens is 282 g/mol. The highest BCUT2D eigenvalue weighted by Crippen LogP contribution is 2.41. The molecule has 5 heteroatoms. The Kier molecular flexibility index (Phi) is 3.47. The van der Waals surface area contributed by atoms with Crippen molar-refractivity contribution in [3.8, 4) is 17.2 Å². The van der Waals surface area contributed by atoms with Gasteiger partial charge in [0.05, 0.1) is 13.6 Å². The highest BCUT2D eigenvalue weighted by molar-refractivity contribution is 5.47. The van der Waals surface area contributed by atoms with E-state index >= 15 is 0 Å². The first-order valence-electron chi connectivity index (χ1n) is 7.26. The second-order valence-electron chi connectivity index (χ2n) is 6.07. The molecule has 0 amide bonds. The zero-order chi connectivity index (χ0) is 15.9. The van der Waals surface area contributed by atoms with Gasteiger partial charge < -0.3 is 25.2 Å². The molecule has 0 saturated carbocycles. The third kappa shape index (κ3) is 2.61. The molecule has 0 aromatic heterocycles. The highest BCUT2D eigenvalue weighted by Gasteiger charge is 2.34. The average Bonchev–Trinajstić information content (AvgIpc) is 2.46. The zero-order valence-corrected chi connectivity index (χ0v) is 12.4. The van der Waals surface area contributed by atoms with Crippen molar-refractivity contribution in [1.29, 1.82) is 0 Å². The molecule has 22 heavy (non-hydrogen) atoms. The van der Waals surface area contributed by atoms with Crippen LogP contribution in [0.5, 0.6) is 17.2 Å². The van der Waals surface area contributed by atoms with Crippen molar-refractivity contribution in [2.45, 2.75) is 18.9 Å². The van der Waals surface area contributed by atoms with E-state index in [1.54, 1.807) is 37.4 Å². The molecule has 0 bridgehead atoms. The molecule has 1 aliphatic heterocycles. The third-order valence-corrected chi connectivity index (χ3v) is 4.45. The van der Waals surface area contributed by atoms with Crippen LogP contribution in [0.15, 0.2) is 36.4 Å². The summed E-state index contributed by atoms with van der Waals surface area (Å²) in [5, 5.41) is 41.6. The van der Waals surface area contributed by atoms with Gasteiger partial charge in [-0.3, -0.25) is 0 Å². The maximum absolute atomic E-state index is 12.8. The second kappa shape index (κ2) is 5.19. The minimum Gasteiger partial charge on any atom is -0.633 e. The number of rotatable bonds is 2. The Bertz CT molecular complexity index is 695. The van der Waals surface area contributed by atoms with Gasteiger partial charge in [0, 0.05) is 18.4 Å². The second-order valence-corrected chi connectivity index (χ2v) is 6.07. The molecule has 0 spiro atoms. The number of fused-ring (bicyclic) bond motifs is 1. The Morgan fingerprint density at radius 2 is 1.73 bits per heavy atom. The van der Waals surface area contributed by atoms with E-state index in [1.807, 2.05) is 0 Å². The van der Waals surface area contributed by atoms with Gasteiger partial charge in [-0.05, 0) is 35.4 Å². The standard InChI is InChI=1S/C17H19NO4/c1-18(22)7-6-12-9-16(20)17(21)10-14(12)15(18)8-11-2-4-13(19)5-3-11/h2-5,9-10,15,19-21H,6-8H2,1H3. The first-order valence-corrected chi connectivity index (χ1v) is 7.26. The van der Waals surface area contributed by atoms with Gasteiger partial charge in [-0.15, -0.1) is 0 Å². The van der Waals surface area contributed by atoms with Gasteiger partial charge >= 0.3 is 0 Å². The van der Waals surface area contributed by atoms with Crippen molar-refractivity contribution in [3.63, 3.8) is 0 Å². The maximum atomic E-state index is 12.8. The van der Waals surface area contributed by atoms with Gasteiger partial charge in [0.2, 0.25) is 0 Å². The molecule has 2 unspecified atom stereocenters. The van der Waals surface area contributed by atoms with E-state index in [-0.39, 0.29) is 23.3 Å². The number of benzene rings is 2. The van der Waals surface area contributed by atoms with E-state index in [9.17, 15) is 20.5 Å². The zero-order valence-electron chi connectivity index (χ0n) is 12.4. The normalized spacial score (nSPS) is 24.0.